The topological polar surface area (TPSA) is 55.1 Å². The Bertz CT molecular complexity index is 655. The minimum Gasteiger partial charge on any atom is -0.478 e. The van der Waals surface area contributed by atoms with E-state index in [2.05, 4.69) is 25.0 Å². The Morgan fingerprint density at radius 3 is 2.48 bits per heavy atom. The van der Waals surface area contributed by atoms with Crippen LogP contribution in [-0.4, -0.2) is 20.9 Å². The lowest BCUT2D eigenvalue weighted by atomic mass is 10.0. The van der Waals surface area contributed by atoms with Gasteiger partial charge in [0, 0.05) is 11.8 Å². The summed E-state index contributed by atoms with van der Waals surface area (Å²) in [6, 6.07) is 6.24. The molecule has 0 aliphatic heterocycles. The first-order valence-corrected chi connectivity index (χ1v) is 7.38. The molecule has 0 saturated heterocycles. The SMILES string of the molecule is CCC(CC)n1cc(C(=O)O)c(-c2ccc(C)cc2C)n1. The van der Waals surface area contributed by atoms with Gasteiger partial charge in [0.25, 0.3) is 0 Å². The molecule has 0 atom stereocenters. The Balaban J connectivity index is 2.58. The average Bonchev–Trinajstić information content (AvgIpc) is 2.85. The zero-order chi connectivity index (χ0) is 15.6. The number of aryl methyl sites for hydroxylation is 2. The molecule has 2 aromatic rings. The van der Waals surface area contributed by atoms with Gasteiger partial charge in [0.05, 0.1) is 6.04 Å². The summed E-state index contributed by atoms with van der Waals surface area (Å²) in [5.41, 5.74) is 3.93. The van der Waals surface area contributed by atoms with Crippen molar-refractivity contribution < 1.29 is 9.90 Å². The fraction of sp³-hybridized carbons (Fsp3) is 0.412. The molecule has 4 nitrogen and oxygen atoms in total. The smallest absolute Gasteiger partial charge is 0.339 e. The standard InChI is InChI=1S/C17H22N2O2/c1-5-13(6-2)19-10-15(17(20)21)16(18-19)14-8-7-11(3)9-12(14)4/h7-10,13H,5-6H2,1-4H3,(H,20,21). The first-order valence-electron chi connectivity index (χ1n) is 7.38. The third-order valence-corrected chi connectivity index (χ3v) is 3.92. The van der Waals surface area contributed by atoms with E-state index < -0.39 is 5.97 Å². The van der Waals surface area contributed by atoms with Crippen molar-refractivity contribution in [2.75, 3.05) is 0 Å². The Morgan fingerprint density at radius 2 is 1.95 bits per heavy atom. The zero-order valence-electron chi connectivity index (χ0n) is 13.1. The van der Waals surface area contributed by atoms with Gasteiger partial charge in [-0.3, -0.25) is 4.68 Å². The van der Waals surface area contributed by atoms with Crippen LogP contribution in [0.1, 0.15) is 54.2 Å². The molecule has 2 rings (SSSR count). The minimum atomic E-state index is -0.929. The molecule has 1 heterocycles. The molecule has 1 aromatic carbocycles. The van der Waals surface area contributed by atoms with Crippen molar-refractivity contribution in [3.8, 4) is 11.3 Å². The van der Waals surface area contributed by atoms with Crippen molar-refractivity contribution in [3.63, 3.8) is 0 Å². The molecule has 1 N–H and O–H groups in total. The molecule has 0 aliphatic rings. The Kier molecular flexibility index (Phi) is 4.46. The van der Waals surface area contributed by atoms with Crippen LogP contribution in [0.4, 0.5) is 0 Å². The van der Waals surface area contributed by atoms with E-state index in [-0.39, 0.29) is 11.6 Å². The number of carbonyl (C=O) groups is 1. The number of hydrogen-bond acceptors (Lipinski definition) is 2. The van der Waals surface area contributed by atoms with Crippen molar-refractivity contribution in [2.45, 2.75) is 46.6 Å². The number of nitrogens with zero attached hydrogens (tertiary/aromatic N) is 2. The number of hydrogen-bond donors (Lipinski definition) is 1. The predicted octanol–water partition coefficient (Wildman–Crippen LogP) is 4.23. The maximum absolute atomic E-state index is 11.5. The number of aromatic nitrogens is 2. The zero-order valence-corrected chi connectivity index (χ0v) is 13.1. The van der Waals surface area contributed by atoms with Gasteiger partial charge in [-0.05, 0) is 32.3 Å². The van der Waals surface area contributed by atoms with Gasteiger partial charge in [0.15, 0.2) is 0 Å². The van der Waals surface area contributed by atoms with Crippen LogP contribution < -0.4 is 0 Å². The van der Waals surface area contributed by atoms with Crippen LogP contribution in [0.25, 0.3) is 11.3 Å². The predicted molar refractivity (Wildman–Crippen MR) is 83.7 cm³/mol. The lowest BCUT2D eigenvalue weighted by Crippen LogP contribution is -2.07. The molecule has 0 saturated carbocycles. The van der Waals surface area contributed by atoms with E-state index in [1.54, 1.807) is 10.9 Å². The number of carboxylic acids is 1. The summed E-state index contributed by atoms with van der Waals surface area (Å²) in [4.78, 5) is 11.5. The summed E-state index contributed by atoms with van der Waals surface area (Å²) < 4.78 is 1.80. The van der Waals surface area contributed by atoms with E-state index in [4.69, 9.17) is 0 Å². The molecule has 0 unspecified atom stereocenters. The van der Waals surface area contributed by atoms with Crippen molar-refractivity contribution in [2.24, 2.45) is 0 Å². The average molecular weight is 286 g/mol. The third-order valence-electron chi connectivity index (χ3n) is 3.92. The van der Waals surface area contributed by atoms with Gasteiger partial charge in [0.2, 0.25) is 0 Å². The molecule has 0 bridgehead atoms. The summed E-state index contributed by atoms with van der Waals surface area (Å²) in [6.07, 6.45) is 3.53. The monoisotopic (exact) mass is 286 g/mol. The van der Waals surface area contributed by atoms with Gasteiger partial charge < -0.3 is 5.11 Å². The summed E-state index contributed by atoms with van der Waals surface area (Å²) in [7, 11) is 0. The molecule has 0 radical (unpaired) electrons. The highest BCUT2D eigenvalue weighted by atomic mass is 16.4. The van der Waals surface area contributed by atoms with Crippen molar-refractivity contribution >= 4 is 5.97 Å². The van der Waals surface area contributed by atoms with E-state index >= 15 is 0 Å². The number of carboxylic acid groups (broad SMARTS) is 1. The molecule has 0 amide bonds. The van der Waals surface area contributed by atoms with E-state index in [9.17, 15) is 9.90 Å². The molecular weight excluding hydrogens is 264 g/mol. The Morgan fingerprint density at radius 1 is 1.29 bits per heavy atom. The van der Waals surface area contributed by atoms with Gasteiger partial charge in [0.1, 0.15) is 11.3 Å². The Labute approximate surface area is 125 Å². The molecule has 0 fully saturated rings. The molecule has 112 valence electrons. The van der Waals surface area contributed by atoms with Crippen LogP contribution in [0.5, 0.6) is 0 Å². The van der Waals surface area contributed by atoms with E-state index in [0.29, 0.717) is 5.69 Å². The normalized spacial score (nSPS) is 11.1. The molecule has 4 heteroatoms. The number of benzene rings is 1. The van der Waals surface area contributed by atoms with Gasteiger partial charge in [-0.25, -0.2) is 4.79 Å². The van der Waals surface area contributed by atoms with Gasteiger partial charge >= 0.3 is 5.97 Å². The second-order valence-electron chi connectivity index (χ2n) is 5.47. The lowest BCUT2D eigenvalue weighted by molar-refractivity contribution is 0.0697. The quantitative estimate of drug-likeness (QED) is 0.895. The van der Waals surface area contributed by atoms with E-state index in [1.165, 1.54) is 0 Å². The summed E-state index contributed by atoms with van der Waals surface area (Å²) >= 11 is 0. The largest absolute Gasteiger partial charge is 0.478 e. The fourth-order valence-corrected chi connectivity index (χ4v) is 2.68. The van der Waals surface area contributed by atoms with Gasteiger partial charge in [-0.15, -0.1) is 0 Å². The third kappa shape index (κ3) is 2.99. The molecule has 21 heavy (non-hydrogen) atoms. The van der Waals surface area contributed by atoms with Crippen LogP contribution in [0.15, 0.2) is 24.4 Å². The minimum absolute atomic E-state index is 0.239. The highest BCUT2D eigenvalue weighted by molar-refractivity contribution is 5.95. The molecule has 1 aromatic heterocycles. The maximum atomic E-state index is 11.5. The second kappa shape index (κ2) is 6.12. The lowest BCUT2D eigenvalue weighted by Gasteiger charge is -2.12. The van der Waals surface area contributed by atoms with Gasteiger partial charge in [-0.1, -0.05) is 37.6 Å². The van der Waals surface area contributed by atoms with E-state index in [0.717, 1.165) is 29.5 Å². The Hall–Kier alpha value is -2.10. The molecular formula is C17H22N2O2. The molecule has 0 spiro atoms. The summed E-state index contributed by atoms with van der Waals surface area (Å²) in [6.45, 7) is 8.20. The summed E-state index contributed by atoms with van der Waals surface area (Å²) in [5, 5.41) is 14.0. The van der Waals surface area contributed by atoms with Crippen LogP contribution in [0.2, 0.25) is 0 Å². The fourth-order valence-electron chi connectivity index (χ4n) is 2.68. The van der Waals surface area contributed by atoms with Crippen molar-refractivity contribution in [3.05, 3.63) is 41.1 Å². The summed E-state index contributed by atoms with van der Waals surface area (Å²) in [5.74, 6) is -0.929. The van der Waals surface area contributed by atoms with Crippen molar-refractivity contribution in [1.82, 2.24) is 9.78 Å². The molecule has 0 aliphatic carbocycles. The second-order valence-corrected chi connectivity index (χ2v) is 5.47. The van der Waals surface area contributed by atoms with Crippen LogP contribution in [-0.2, 0) is 0 Å². The van der Waals surface area contributed by atoms with Crippen LogP contribution in [0.3, 0.4) is 0 Å². The van der Waals surface area contributed by atoms with Crippen LogP contribution >= 0.6 is 0 Å². The number of rotatable bonds is 5. The van der Waals surface area contributed by atoms with E-state index in [1.807, 2.05) is 26.0 Å². The highest BCUT2D eigenvalue weighted by Crippen LogP contribution is 2.28. The first-order chi connectivity index (χ1) is 9.97. The number of aromatic carboxylic acids is 1. The van der Waals surface area contributed by atoms with Gasteiger partial charge in [-0.2, -0.15) is 5.10 Å². The highest BCUT2D eigenvalue weighted by Gasteiger charge is 2.20. The van der Waals surface area contributed by atoms with Crippen LogP contribution in [0, 0.1) is 13.8 Å². The maximum Gasteiger partial charge on any atom is 0.339 e. The van der Waals surface area contributed by atoms with Crippen molar-refractivity contribution in [1.29, 1.82) is 0 Å². The first kappa shape index (κ1) is 15.3.